The standard InChI is InChI=1S/C27H38N2O5S/c30-20-27(14-8-9-15-27)29-24(31)16-22-12-6-1-2-7-13-25(32)34-17-23(28-26(22)33)19-35-18-21-10-4-3-5-11-21/h1,3-6,10-11,22-23,30H,2,7-9,12-20H2,(H,28,33)(H,29,31)/t22-,23-/m1/s1. The first-order valence-corrected chi connectivity index (χ1v) is 13.8. The van der Waals surface area contributed by atoms with E-state index < -0.39 is 11.5 Å². The molecule has 2 atom stereocenters. The van der Waals surface area contributed by atoms with Crippen molar-refractivity contribution >= 4 is 29.5 Å². The van der Waals surface area contributed by atoms with Gasteiger partial charge < -0.3 is 20.5 Å². The maximum atomic E-state index is 13.2. The van der Waals surface area contributed by atoms with Gasteiger partial charge in [0.15, 0.2) is 0 Å². The fourth-order valence-corrected chi connectivity index (χ4v) is 5.59. The SMILES string of the molecule is O=C(C[C@H]1CC=CCCCC(=O)OC[C@H](CSCc2ccccc2)NC1=O)NC1(CO)CCCC1. The zero-order chi connectivity index (χ0) is 24.9. The molecule has 1 heterocycles. The lowest BCUT2D eigenvalue weighted by atomic mass is 9.95. The van der Waals surface area contributed by atoms with Gasteiger partial charge in [0.05, 0.1) is 24.1 Å². The third-order valence-electron chi connectivity index (χ3n) is 6.63. The average molecular weight is 503 g/mol. The quantitative estimate of drug-likeness (QED) is 0.371. The van der Waals surface area contributed by atoms with E-state index in [4.69, 9.17) is 4.74 Å². The molecule has 1 fully saturated rings. The number of carbonyl (C=O) groups excluding carboxylic acids is 3. The molecule has 1 aliphatic carbocycles. The molecule has 0 aromatic heterocycles. The van der Waals surface area contributed by atoms with Gasteiger partial charge in [-0.1, -0.05) is 55.3 Å². The van der Waals surface area contributed by atoms with E-state index in [1.807, 2.05) is 30.4 Å². The summed E-state index contributed by atoms with van der Waals surface area (Å²) in [5, 5.41) is 15.9. The summed E-state index contributed by atoms with van der Waals surface area (Å²) < 4.78 is 5.45. The number of benzene rings is 1. The van der Waals surface area contributed by atoms with E-state index in [2.05, 4.69) is 22.8 Å². The molecular weight excluding hydrogens is 464 g/mol. The number of ether oxygens (including phenoxy) is 1. The van der Waals surface area contributed by atoms with E-state index in [9.17, 15) is 19.5 Å². The number of hydrogen-bond acceptors (Lipinski definition) is 6. The molecule has 3 rings (SSSR count). The number of aliphatic hydroxyl groups is 1. The van der Waals surface area contributed by atoms with E-state index in [1.54, 1.807) is 11.8 Å². The fourth-order valence-electron chi connectivity index (χ4n) is 4.58. The van der Waals surface area contributed by atoms with Gasteiger partial charge in [0.1, 0.15) is 6.61 Å². The molecular formula is C27H38N2O5S. The van der Waals surface area contributed by atoms with Crippen LogP contribution in [0, 0.1) is 5.92 Å². The molecule has 0 saturated heterocycles. The maximum Gasteiger partial charge on any atom is 0.305 e. The monoisotopic (exact) mass is 502 g/mol. The lowest BCUT2D eigenvalue weighted by Gasteiger charge is -2.29. The minimum absolute atomic E-state index is 0.0571. The highest BCUT2D eigenvalue weighted by Gasteiger charge is 2.35. The van der Waals surface area contributed by atoms with Gasteiger partial charge in [-0.05, 0) is 37.7 Å². The average Bonchev–Trinajstić information content (AvgIpc) is 3.32. The summed E-state index contributed by atoms with van der Waals surface area (Å²) in [4.78, 5) is 38.2. The van der Waals surface area contributed by atoms with E-state index in [-0.39, 0.29) is 43.5 Å². The van der Waals surface area contributed by atoms with Crippen LogP contribution in [0.25, 0.3) is 0 Å². The molecule has 1 aliphatic heterocycles. The molecule has 1 aromatic rings. The van der Waals surface area contributed by atoms with Crippen molar-refractivity contribution in [2.24, 2.45) is 5.92 Å². The van der Waals surface area contributed by atoms with Crippen LogP contribution in [-0.4, -0.2) is 53.4 Å². The molecule has 8 heteroatoms. The van der Waals surface area contributed by atoms with Crippen molar-refractivity contribution in [1.82, 2.24) is 10.6 Å². The second kappa shape index (κ2) is 14.3. The van der Waals surface area contributed by atoms with Crippen LogP contribution in [-0.2, 0) is 24.9 Å². The highest BCUT2D eigenvalue weighted by Crippen LogP contribution is 2.29. The Morgan fingerprint density at radius 2 is 1.91 bits per heavy atom. The molecule has 35 heavy (non-hydrogen) atoms. The Morgan fingerprint density at radius 1 is 1.14 bits per heavy atom. The Kier molecular flexibility index (Phi) is 11.1. The van der Waals surface area contributed by atoms with Crippen molar-refractivity contribution in [1.29, 1.82) is 0 Å². The topological polar surface area (TPSA) is 105 Å². The zero-order valence-corrected chi connectivity index (χ0v) is 21.2. The molecule has 2 amide bonds. The summed E-state index contributed by atoms with van der Waals surface area (Å²) in [6.45, 7) is 0.0356. The number of amides is 2. The van der Waals surface area contributed by atoms with E-state index in [1.165, 1.54) is 5.56 Å². The van der Waals surface area contributed by atoms with Crippen molar-refractivity contribution < 1.29 is 24.2 Å². The second-order valence-corrected chi connectivity index (χ2v) is 10.6. The van der Waals surface area contributed by atoms with Crippen LogP contribution in [0.3, 0.4) is 0 Å². The molecule has 2 aliphatic rings. The Bertz CT molecular complexity index is 854. The van der Waals surface area contributed by atoms with Gasteiger partial charge >= 0.3 is 5.97 Å². The number of allylic oxidation sites excluding steroid dienone is 2. The number of carbonyl (C=O) groups is 3. The van der Waals surface area contributed by atoms with Crippen LogP contribution < -0.4 is 10.6 Å². The van der Waals surface area contributed by atoms with Gasteiger partial charge in [-0.2, -0.15) is 11.8 Å². The molecule has 192 valence electrons. The number of esters is 1. The van der Waals surface area contributed by atoms with Crippen molar-refractivity contribution in [3.8, 4) is 0 Å². The van der Waals surface area contributed by atoms with Crippen LogP contribution >= 0.6 is 11.8 Å². The molecule has 0 bridgehead atoms. The van der Waals surface area contributed by atoms with Crippen molar-refractivity contribution in [3.05, 3.63) is 48.0 Å². The number of hydrogen-bond donors (Lipinski definition) is 3. The first-order valence-electron chi connectivity index (χ1n) is 12.6. The predicted molar refractivity (Wildman–Crippen MR) is 138 cm³/mol. The van der Waals surface area contributed by atoms with Crippen LogP contribution in [0.5, 0.6) is 0 Å². The van der Waals surface area contributed by atoms with Gasteiger partial charge in [0.2, 0.25) is 11.8 Å². The molecule has 0 radical (unpaired) electrons. The van der Waals surface area contributed by atoms with Crippen molar-refractivity contribution in [3.63, 3.8) is 0 Å². The highest BCUT2D eigenvalue weighted by molar-refractivity contribution is 7.98. The number of rotatable bonds is 8. The highest BCUT2D eigenvalue weighted by atomic mass is 32.2. The van der Waals surface area contributed by atoms with E-state index >= 15 is 0 Å². The molecule has 0 spiro atoms. The lowest BCUT2D eigenvalue weighted by Crippen LogP contribution is -2.50. The van der Waals surface area contributed by atoms with Gasteiger partial charge in [0.25, 0.3) is 0 Å². The van der Waals surface area contributed by atoms with Crippen LogP contribution in [0.15, 0.2) is 42.5 Å². The van der Waals surface area contributed by atoms with Gasteiger partial charge in [-0.25, -0.2) is 0 Å². The Balaban J connectivity index is 1.63. The zero-order valence-electron chi connectivity index (χ0n) is 20.4. The van der Waals surface area contributed by atoms with Gasteiger partial charge in [-0.3, -0.25) is 14.4 Å². The molecule has 7 nitrogen and oxygen atoms in total. The smallest absolute Gasteiger partial charge is 0.305 e. The third kappa shape index (κ3) is 9.33. The third-order valence-corrected chi connectivity index (χ3v) is 7.81. The first-order chi connectivity index (χ1) is 17.0. The fraction of sp³-hybridized carbons (Fsp3) is 0.593. The number of thioether (sulfide) groups is 1. The minimum Gasteiger partial charge on any atom is -0.463 e. The van der Waals surface area contributed by atoms with Crippen LogP contribution in [0.1, 0.15) is 63.4 Å². The van der Waals surface area contributed by atoms with Gasteiger partial charge in [-0.15, -0.1) is 0 Å². The number of cyclic esters (lactones) is 1. The summed E-state index contributed by atoms with van der Waals surface area (Å²) in [6, 6.07) is 9.74. The maximum absolute atomic E-state index is 13.2. The molecule has 0 unspecified atom stereocenters. The summed E-state index contributed by atoms with van der Waals surface area (Å²) >= 11 is 1.67. The predicted octanol–water partition coefficient (Wildman–Crippen LogP) is 3.51. The van der Waals surface area contributed by atoms with Crippen LogP contribution in [0.2, 0.25) is 0 Å². The summed E-state index contributed by atoms with van der Waals surface area (Å²) in [5.74, 6) is 0.179. The largest absolute Gasteiger partial charge is 0.463 e. The number of nitrogens with one attached hydrogen (secondary N) is 2. The summed E-state index contributed by atoms with van der Waals surface area (Å²) in [6.07, 6.45) is 9.64. The Labute approximate surface area is 212 Å². The number of aliphatic hydroxyl groups excluding tert-OH is 1. The van der Waals surface area contributed by atoms with Crippen molar-refractivity contribution in [2.45, 2.75) is 75.1 Å². The van der Waals surface area contributed by atoms with E-state index in [0.717, 1.165) is 37.9 Å². The van der Waals surface area contributed by atoms with Crippen LogP contribution in [0.4, 0.5) is 0 Å². The lowest BCUT2D eigenvalue weighted by molar-refractivity contribution is -0.145. The van der Waals surface area contributed by atoms with E-state index in [0.29, 0.717) is 25.0 Å². The van der Waals surface area contributed by atoms with Crippen molar-refractivity contribution in [2.75, 3.05) is 19.0 Å². The Morgan fingerprint density at radius 3 is 2.66 bits per heavy atom. The Hall–Kier alpha value is -2.32. The molecule has 3 N–H and O–H groups in total. The summed E-state index contributed by atoms with van der Waals surface area (Å²) in [7, 11) is 0. The minimum atomic E-state index is -0.558. The second-order valence-electron chi connectivity index (χ2n) is 9.58. The molecule has 1 saturated carbocycles. The normalized spacial score (nSPS) is 23.3. The molecule has 1 aromatic carbocycles. The first kappa shape index (κ1) is 27.3. The van der Waals surface area contributed by atoms with Gasteiger partial charge in [0, 0.05) is 24.3 Å². The summed E-state index contributed by atoms with van der Waals surface area (Å²) in [5.41, 5.74) is 0.632.